The Morgan fingerprint density at radius 1 is 1.37 bits per heavy atom. The summed E-state index contributed by atoms with van der Waals surface area (Å²) in [5.74, 6) is 2.67. The van der Waals surface area contributed by atoms with Crippen LogP contribution in [0.5, 0.6) is 11.5 Å². The smallest absolute Gasteiger partial charge is 0.128 e. The van der Waals surface area contributed by atoms with Gasteiger partial charge in [-0.25, -0.2) is 0 Å². The van der Waals surface area contributed by atoms with Crippen molar-refractivity contribution >= 4 is 0 Å². The third-order valence-corrected chi connectivity index (χ3v) is 3.97. The van der Waals surface area contributed by atoms with E-state index in [0.29, 0.717) is 6.04 Å². The summed E-state index contributed by atoms with van der Waals surface area (Å²) in [6.45, 7) is 5.12. The number of hydrogen-bond donors (Lipinski definition) is 1. The quantitative estimate of drug-likeness (QED) is 0.902. The lowest BCUT2D eigenvalue weighted by Gasteiger charge is -2.37. The predicted molar refractivity (Wildman–Crippen MR) is 75.8 cm³/mol. The lowest BCUT2D eigenvalue weighted by molar-refractivity contribution is 0.0671. The molecule has 19 heavy (non-hydrogen) atoms. The summed E-state index contributed by atoms with van der Waals surface area (Å²) in [5.41, 5.74) is 1.11. The molecular weight excluding hydrogens is 238 g/mol. The van der Waals surface area contributed by atoms with Crippen LogP contribution in [0.4, 0.5) is 0 Å². The number of rotatable bonds is 4. The highest BCUT2D eigenvalue weighted by Gasteiger charge is 2.33. The van der Waals surface area contributed by atoms with Gasteiger partial charge >= 0.3 is 0 Å². The van der Waals surface area contributed by atoms with Crippen molar-refractivity contribution < 1.29 is 9.47 Å². The van der Waals surface area contributed by atoms with Gasteiger partial charge in [0.25, 0.3) is 0 Å². The van der Waals surface area contributed by atoms with Gasteiger partial charge in [-0.3, -0.25) is 0 Å². The summed E-state index contributed by atoms with van der Waals surface area (Å²) in [6, 6.07) is 6.60. The first-order valence-electron chi connectivity index (χ1n) is 7.20. The van der Waals surface area contributed by atoms with Crippen LogP contribution in [0.2, 0.25) is 0 Å². The van der Waals surface area contributed by atoms with Gasteiger partial charge in [0.2, 0.25) is 0 Å². The Kier molecular flexibility index (Phi) is 3.17. The molecule has 1 aromatic carbocycles. The van der Waals surface area contributed by atoms with Crippen LogP contribution in [0.1, 0.15) is 44.7 Å². The molecule has 1 atom stereocenters. The first-order valence-corrected chi connectivity index (χ1v) is 7.20. The average Bonchev–Trinajstić information content (AvgIpc) is 3.17. The van der Waals surface area contributed by atoms with E-state index in [2.05, 4.69) is 31.3 Å². The Morgan fingerprint density at radius 3 is 2.84 bits per heavy atom. The van der Waals surface area contributed by atoms with E-state index >= 15 is 0 Å². The van der Waals surface area contributed by atoms with Gasteiger partial charge in [0.05, 0.1) is 6.61 Å². The molecule has 3 heteroatoms. The molecule has 0 amide bonds. The van der Waals surface area contributed by atoms with Crippen LogP contribution in [-0.4, -0.2) is 19.3 Å². The molecule has 104 valence electrons. The van der Waals surface area contributed by atoms with Crippen LogP contribution in [0.3, 0.4) is 0 Å². The highest BCUT2D eigenvalue weighted by molar-refractivity contribution is 5.44. The van der Waals surface area contributed by atoms with Gasteiger partial charge in [-0.1, -0.05) is 6.07 Å². The Balaban J connectivity index is 1.81. The minimum Gasteiger partial charge on any atom is -0.493 e. The van der Waals surface area contributed by atoms with Crippen molar-refractivity contribution in [1.29, 1.82) is 0 Å². The third-order valence-electron chi connectivity index (χ3n) is 3.97. The van der Waals surface area contributed by atoms with E-state index in [4.69, 9.17) is 9.47 Å². The van der Waals surface area contributed by atoms with Gasteiger partial charge in [-0.2, -0.15) is 0 Å². The van der Waals surface area contributed by atoms with Gasteiger partial charge in [0.1, 0.15) is 17.1 Å². The van der Waals surface area contributed by atoms with Crippen LogP contribution in [0.15, 0.2) is 18.2 Å². The number of fused-ring (bicyclic) bond motifs is 1. The number of benzene rings is 1. The van der Waals surface area contributed by atoms with E-state index in [1.807, 2.05) is 13.1 Å². The van der Waals surface area contributed by atoms with E-state index in [0.717, 1.165) is 30.4 Å². The van der Waals surface area contributed by atoms with Crippen LogP contribution < -0.4 is 14.8 Å². The van der Waals surface area contributed by atoms with Gasteiger partial charge in [-0.15, -0.1) is 0 Å². The molecule has 1 heterocycles. The normalized spacial score (nSPS) is 24.5. The molecule has 3 nitrogen and oxygen atoms in total. The number of nitrogens with one attached hydrogen (secondary N) is 1. The zero-order chi connectivity index (χ0) is 13.5. The van der Waals surface area contributed by atoms with Crippen molar-refractivity contribution in [1.82, 2.24) is 5.32 Å². The molecular formula is C16H23NO2. The minimum absolute atomic E-state index is 0.129. The minimum atomic E-state index is -0.129. The van der Waals surface area contributed by atoms with E-state index in [1.165, 1.54) is 18.4 Å². The predicted octanol–water partition coefficient (Wildman–Crippen LogP) is 3.30. The molecule has 1 saturated carbocycles. The molecule has 3 rings (SSSR count). The molecule has 0 spiro atoms. The lowest BCUT2D eigenvalue weighted by atomic mass is 9.90. The third kappa shape index (κ3) is 2.86. The Labute approximate surface area is 115 Å². The van der Waals surface area contributed by atoms with Crippen molar-refractivity contribution in [2.45, 2.75) is 44.8 Å². The molecule has 1 aromatic rings. The Morgan fingerprint density at radius 2 is 2.16 bits per heavy atom. The Hall–Kier alpha value is -1.22. The van der Waals surface area contributed by atoms with Crippen molar-refractivity contribution in [3.63, 3.8) is 0 Å². The molecule has 0 aromatic heterocycles. The molecule has 1 aliphatic carbocycles. The summed E-state index contributed by atoms with van der Waals surface area (Å²) >= 11 is 0. The van der Waals surface area contributed by atoms with E-state index in [9.17, 15) is 0 Å². The SMILES string of the molecule is CNC1CC(C)(C)Oc2cc(OCC3CC3)ccc21. The topological polar surface area (TPSA) is 30.5 Å². The molecule has 0 saturated heterocycles. The summed E-state index contributed by atoms with van der Waals surface area (Å²) in [6.07, 6.45) is 3.62. The maximum Gasteiger partial charge on any atom is 0.128 e. The number of hydrogen-bond acceptors (Lipinski definition) is 3. The monoisotopic (exact) mass is 261 g/mol. The summed E-state index contributed by atoms with van der Waals surface area (Å²) in [4.78, 5) is 0. The van der Waals surface area contributed by atoms with Crippen molar-refractivity contribution in [2.24, 2.45) is 5.92 Å². The zero-order valence-electron chi connectivity index (χ0n) is 12.0. The van der Waals surface area contributed by atoms with E-state index < -0.39 is 0 Å². The van der Waals surface area contributed by atoms with Crippen LogP contribution in [0.25, 0.3) is 0 Å². The second-order valence-electron chi connectivity index (χ2n) is 6.36. The fourth-order valence-electron chi connectivity index (χ4n) is 2.68. The first-order chi connectivity index (χ1) is 9.07. The Bertz CT molecular complexity index is 466. The maximum atomic E-state index is 6.09. The van der Waals surface area contributed by atoms with Crippen LogP contribution >= 0.6 is 0 Å². The van der Waals surface area contributed by atoms with Crippen molar-refractivity contribution in [3.8, 4) is 11.5 Å². The largest absolute Gasteiger partial charge is 0.493 e. The van der Waals surface area contributed by atoms with Gasteiger partial charge in [0.15, 0.2) is 0 Å². The molecule has 2 aliphatic rings. The second kappa shape index (κ2) is 4.71. The highest BCUT2D eigenvalue weighted by atomic mass is 16.5. The van der Waals surface area contributed by atoms with E-state index in [-0.39, 0.29) is 5.60 Å². The molecule has 1 N–H and O–H groups in total. The fraction of sp³-hybridized carbons (Fsp3) is 0.625. The molecule has 0 radical (unpaired) electrons. The standard InChI is InChI=1S/C16H23NO2/c1-16(2)9-14(17-3)13-7-6-12(8-15(13)19-16)18-10-11-4-5-11/h6-8,11,14,17H,4-5,9-10H2,1-3H3. The summed E-state index contributed by atoms with van der Waals surface area (Å²) < 4.78 is 11.9. The lowest BCUT2D eigenvalue weighted by Crippen LogP contribution is -2.38. The summed E-state index contributed by atoms with van der Waals surface area (Å²) in [7, 11) is 2.01. The van der Waals surface area contributed by atoms with Crippen molar-refractivity contribution in [3.05, 3.63) is 23.8 Å². The van der Waals surface area contributed by atoms with Gasteiger partial charge < -0.3 is 14.8 Å². The fourth-order valence-corrected chi connectivity index (χ4v) is 2.68. The first kappa shape index (κ1) is 12.8. The van der Waals surface area contributed by atoms with Gasteiger partial charge in [-0.05, 0) is 45.7 Å². The number of ether oxygens (including phenoxy) is 2. The highest BCUT2D eigenvalue weighted by Crippen LogP contribution is 2.41. The maximum absolute atomic E-state index is 6.09. The van der Waals surface area contributed by atoms with Crippen LogP contribution in [0, 0.1) is 5.92 Å². The van der Waals surface area contributed by atoms with Crippen LogP contribution in [-0.2, 0) is 0 Å². The van der Waals surface area contributed by atoms with Crippen molar-refractivity contribution in [2.75, 3.05) is 13.7 Å². The summed E-state index contributed by atoms with van der Waals surface area (Å²) in [5, 5.41) is 3.37. The van der Waals surface area contributed by atoms with E-state index in [1.54, 1.807) is 0 Å². The average molecular weight is 261 g/mol. The molecule has 1 unspecified atom stereocenters. The zero-order valence-corrected chi connectivity index (χ0v) is 12.0. The molecule has 1 fully saturated rings. The molecule has 0 bridgehead atoms. The second-order valence-corrected chi connectivity index (χ2v) is 6.36. The molecule has 1 aliphatic heterocycles. The van der Waals surface area contributed by atoms with Gasteiger partial charge in [0, 0.05) is 24.1 Å².